The smallest absolute Gasteiger partial charge is 0.146 e. The zero-order valence-corrected chi connectivity index (χ0v) is 10.0. The van der Waals surface area contributed by atoms with Crippen molar-refractivity contribution in [3.8, 4) is 11.3 Å². The normalized spacial score (nSPS) is 11.6. The van der Waals surface area contributed by atoms with Crippen molar-refractivity contribution >= 4 is 12.4 Å². The van der Waals surface area contributed by atoms with Crippen LogP contribution in [0.2, 0.25) is 0 Å². The first-order valence-electron chi connectivity index (χ1n) is 5.75. The van der Waals surface area contributed by atoms with E-state index < -0.39 is 0 Å². The van der Waals surface area contributed by atoms with Gasteiger partial charge in [-0.1, -0.05) is 19.1 Å². The molecule has 0 aliphatic heterocycles. The van der Waals surface area contributed by atoms with Crippen LogP contribution in [0.1, 0.15) is 19.1 Å². The molecule has 1 aromatic heterocycles. The number of carbonyl (C=O) groups is 1. The van der Waals surface area contributed by atoms with Crippen LogP contribution >= 0.6 is 0 Å². The van der Waals surface area contributed by atoms with Crippen LogP contribution in [0.25, 0.3) is 17.4 Å². The molecule has 2 rings (SSSR count). The van der Waals surface area contributed by atoms with Crippen LogP contribution in [0.3, 0.4) is 0 Å². The number of benzene rings is 1. The quantitative estimate of drug-likeness (QED) is 0.599. The van der Waals surface area contributed by atoms with E-state index in [1.807, 2.05) is 6.92 Å². The van der Waals surface area contributed by atoms with E-state index in [4.69, 9.17) is 4.42 Å². The third kappa shape index (κ3) is 2.56. The van der Waals surface area contributed by atoms with Gasteiger partial charge in [0, 0.05) is 0 Å². The molecule has 3 heteroatoms. The van der Waals surface area contributed by atoms with E-state index in [1.165, 1.54) is 6.07 Å². The molecule has 0 radical (unpaired) electrons. The van der Waals surface area contributed by atoms with E-state index in [0.717, 1.165) is 6.29 Å². The Kier molecular flexibility index (Phi) is 3.72. The highest BCUT2D eigenvalue weighted by Crippen LogP contribution is 2.25. The first-order chi connectivity index (χ1) is 8.74. The molecule has 0 unspecified atom stereocenters. The summed E-state index contributed by atoms with van der Waals surface area (Å²) in [5, 5.41) is 0. The highest BCUT2D eigenvalue weighted by molar-refractivity contribution is 5.80. The Balaban J connectivity index is 2.34. The summed E-state index contributed by atoms with van der Waals surface area (Å²) in [6.07, 6.45) is 3.10. The monoisotopic (exact) mass is 244 g/mol. The molecule has 0 N–H and O–H groups in total. The molecule has 1 aromatic carbocycles. The zero-order chi connectivity index (χ0) is 13.0. The molecule has 0 fully saturated rings. The summed E-state index contributed by atoms with van der Waals surface area (Å²) in [5.41, 5.74) is 1.06. The summed E-state index contributed by atoms with van der Waals surface area (Å²) in [5.74, 6) is 0.686. The zero-order valence-electron chi connectivity index (χ0n) is 10.0. The minimum Gasteiger partial charge on any atom is -0.457 e. The summed E-state index contributed by atoms with van der Waals surface area (Å²) < 4.78 is 19.1. The first-order valence-corrected chi connectivity index (χ1v) is 5.75. The van der Waals surface area contributed by atoms with Crippen LogP contribution in [-0.4, -0.2) is 6.29 Å². The molecule has 0 saturated heterocycles. The molecule has 2 aromatic rings. The Labute approximate surface area is 105 Å². The lowest BCUT2D eigenvalue weighted by atomic mass is 10.1. The third-order valence-corrected chi connectivity index (χ3v) is 2.65. The largest absolute Gasteiger partial charge is 0.457 e. The van der Waals surface area contributed by atoms with Crippen molar-refractivity contribution in [3.05, 3.63) is 53.5 Å². The Bertz CT molecular complexity index is 582. The van der Waals surface area contributed by atoms with Gasteiger partial charge >= 0.3 is 0 Å². The maximum Gasteiger partial charge on any atom is 0.146 e. The average molecular weight is 244 g/mol. The van der Waals surface area contributed by atoms with Crippen molar-refractivity contribution in [2.24, 2.45) is 0 Å². The van der Waals surface area contributed by atoms with Crippen LogP contribution in [-0.2, 0) is 4.79 Å². The van der Waals surface area contributed by atoms with E-state index in [9.17, 15) is 9.18 Å². The van der Waals surface area contributed by atoms with E-state index in [1.54, 1.807) is 36.4 Å². The Morgan fingerprint density at radius 3 is 2.72 bits per heavy atom. The van der Waals surface area contributed by atoms with Crippen LogP contribution < -0.4 is 0 Å². The molecular formula is C15H13FO2. The number of hydrogen-bond donors (Lipinski definition) is 0. The van der Waals surface area contributed by atoms with Crippen molar-refractivity contribution in [2.45, 2.75) is 13.3 Å². The molecule has 0 amide bonds. The number of carbonyl (C=O) groups excluding carboxylic acids is 1. The first kappa shape index (κ1) is 12.3. The second-order valence-corrected chi connectivity index (χ2v) is 3.87. The molecule has 1 heterocycles. The van der Waals surface area contributed by atoms with Gasteiger partial charge in [0.25, 0.3) is 0 Å². The van der Waals surface area contributed by atoms with Crippen LogP contribution in [0.5, 0.6) is 0 Å². The van der Waals surface area contributed by atoms with Crippen molar-refractivity contribution in [1.82, 2.24) is 0 Å². The summed E-state index contributed by atoms with van der Waals surface area (Å²) in [4.78, 5) is 10.7. The van der Waals surface area contributed by atoms with Gasteiger partial charge in [-0.3, -0.25) is 4.79 Å². The fraction of sp³-hybridized carbons (Fsp3) is 0.133. The van der Waals surface area contributed by atoms with Crippen LogP contribution in [0, 0.1) is 5.82 Å². The van der Waals surface area contributed by atoms with Gasteiger partial charge in [-0.2, -0.15) is 0 Å². The fourth-order valence-corrected chi connectivity index (χ4v) is 1.64. The molecule has 0 atom stereocenters. The standard InChI is InChI=1S/C15H13FO2/c1-2-11(10-17)9-12-7-8-15(18-12)13-5-3-4-6-14(13)16/h3-10H,2H2,1H3. The Morgan fingerprint density at radius 2 is 2.06 bits per heavy atom. The molecule has 18 heavy (non-hydrogen) atoms. The molecule has 0 aliphatic carbocycles. The van der Waals surface area contributed by atoms with E-state index >= 15 is 0 Å². The van der Waals surface area contributed by atoms with E-state index in [-0.39, 0.29) is 5.82 Å². The Morgan fingerprint density at radius 1 is 1.28 bits per heavy atom. The Hall–Kier alpha value is -2.16. The van der Waals surface area contributed by atoms with Crippen LogP contribution in [0.4, 0.5) is 4.39 Å². The number of aldehydes is 1. The van der Waals surface area contributed by atoms with Gasteiger partial charge in [-0.25, -0.2) is 4.39 Å². The second-order valence-electron chi connectivity index (χ2n) is 3.87. The number of hydrogen-bond acceptors (Lipinski definition) is 2. The van der Waals surface area contributed by atoms with Crippen molar-refractivity contribution < 1.29 is 13.6 Å². The molecule has 0 bridgehead atoms. The molecule has 92 valence electrons. The lowest BCUT2D eigenvalue weighted by molar-refractivity contribution is -0.104. The van der Waals surface area contributed by atoms with E-state index in [0.29, 0.717) is 29.1 Å². The number of furan rings is 1. The number of halogens is 1. The summed E-state index contributed by atoms with van der Waals surface area (Å²) in [6.45, 7) is 1.89. The predicted molar refractivity (Wildman–Crippen MR) is 68.4 cm³/mol. The average Bonchev–Trinajstić information content (AvgIpc) is 2.85. The van der Waals surface area contributed by atoms with Crippen molar-refractivity contribution in [1.29, 1.82) is 0 Å². The summed E-state index contributed by atoms with van der Waals surface area (Å²) in [7, 11) is 0. The number of rotatable bonds is 4. The van der Waals surface area contributed by atoms with Crippen LogP contribution in [0.15, 0.2) is 46.4 Å². The fourth-order valence-electron chi connectivity index (χ4n) is 1.64. The molecule has 0 spiro atoms. The third-order valence-electron chi connectivity index (χ3n) is 2.65. The van der Waals surface area contributed by atoms with Gasteiger partial charge in [0.05, 0.1) is 5.56 Å². The number of allylic oxidation sites excluding steroid dienone is 1. The van der Waals surface area contributed by atoms with Crippen molar-refractivity contribution in [2.75, 3.05) is 0 Å². The molecule has 0 saturated carbocycles. The maximum atomic E-state index is 13.5. The predicted octanol–water partition coefficient (Wildman–Crippen LogP) is 4.08. The van der Waals surface area contributed by atoms with Crippen molar-refractivity contribution in [3.63, 3.8) is 0 Å². The van der Waals surface area contributed by atoms with Gasteiger partial charge in [-0.15, -0.1) is 0 Å². The van der Waals surface area contributed by atoms with Gasteiger partial charge < -0.3 is 4.42 Å². The van der Waals surface area contributed by atoms with Gasteiger partial charge in [-0.05, 0) is 42.3 Å². The second kappa shape index (κ2) is 5.45. The SMILES string of the molecule is CCC(C=O)=Cc1ccc(-c2ccccc2F)o1. The topological polar surface area (TPSA) is 30.2 Å². The minimum atomic E-state index is -0.325. The van der Waals surface area contributed by atoms with E-state index in [2.05, 4.69) is 0 Å². The lowest BCUT2D eigenvalue weighted by Crippen LogP contribution is -1.81. The molecule has 2 nitrogen and oxygen atoms in total. The highest BCUT2D eigenvalue weighted by Gasteiger charge is 2.08. The lowest BCUT2D eigenvalue weighted by Gasteiger charge is -1.98. The molecule has 0 aliphatic rings. The van der Waals surface area contributed by atoms with Gasteiger partial charge in [0.2, 0.25) is 0 Å². The maximum absolute atomic E-state index is 13.5. The summed E-state index contributed by atoms with van der Waals surface area (Å²) >= 11 is 0. The van der Waals surface area contributed by atoms with Gasteiger partial charge in [0.15, 0.2) is 0 Å². The molecular weight excluding hydrogens is 231 g/mol. The minimum absolute atomic E-state index is 0.325. The van der Waals surface area contributed by atoms with Gasteiger partial charge in [0.1, 0.15) is 23.6 Å². The summed E-state index contributed by atoms with van der Waals surface area (Å²) in [6, 6.07) is 9.84. The highest BCUT2D eigenvalue weighted by atomic mass is 19.1.